The maximum absolute atomic E-state index is 9.07. The molecule has 2 aromatic rings. The summed E-state index contributed by atoms with van der Waals surface area (Å²) in [5.74, 6) is 1.56. The average Bonchev–Trinajstić information content (AvgIpc) is 2.97. The maximum Gasteiger partial charge on any atom is 0.232 e. The number of nitriles is 1. The van der Waals surface area contributed by atoms with Gasteiger partial charge in [0, 0.05) is 19.7 Å². The lowest BCUT2D eigenvalue weighted by molar-refractivity contribution is 0.210. The molecule has 0 bridgehead atoms. The van der Waals surface area contributed by atoms with Crippen LogP contribution in [0.15, 0.2) is 28.7 Å². The lowest BCUT2D eigenvalue weighted by atomic mass is 10.2. The van der Waals surface area contributed by atoms with Gasteiger partial charge in [0.05, 0.1) is 13.2 Å². The second-order valence-electron chi connectivity index (χ2n) is 4.60. The van der Waals surface area contributed by atoms with Gasteiger partial charge in [0.25, 0.3) is 0 Å². The van der Waals surface area contributed by atoms with Gasteiger partial charge in [-0.2, -0.15) is 10.2 Å². The molecule has 0 aliphatic carbocycles. The van der Waals surface area contributed by atoms with E-state index in [0.29, 0.717) is 31.5 Å². The highest BCUT2D eigenvalue weighted by atomic mass is 16.5. The Kier molecular flexibility index (Phi) is 6.21. The van der Waals surface area contributed by atoms with E-state index in [1.165, 1.54) is 0 Å². The standard InChI is InChI=1S/C17H19N3O3/c1-3-22-14-7-4-13(5-8-14)6-9-16-20-15(12-18)17(23-16)19-10-11-21-2/h4-9,19H,3,10-11H2,1-2H3. The van der Waals surface area contributed by atoms with E-state index in [1.54, 1.807) is 13.2 Å². The van der Waals surface area contributed by atoms with Crippen molar-refractivity contribution in [3.8, 4) is 11.8 Å². The van der Waals surface area contributed by atoms with E-state index in [9.17, 15) is 0 Å². The predicted molar refractivity (Wildman–Crippen MR) is 88.1 cm³/mol. The van der Waals surface area contributed by atoms with Crippen LogP contribution in [0.2, 0.25) is 0 Å². The van der Waals surface area contributed by atoms with Crippen LogP contribution in [0.1, 0.15) is 24.1 Å². The molecule has 0 amide bonds. The van der Waals surface area contributed by atoms with E-state index >= 15 is 0 Å². The average molecular weight is 313 g/mol. The fourth-order valence-electron chi connectivity index (χ4n) is 1.88. The summed E-state index contributed by atoms with van der Waals surface area (Å²) in [6.07, 6.45) is 3.58. The molecule has 2 rings (SSSR count). The number of methoxy groups -OCH3 is 1. The Hall–Kier alpha value is -2.78. The van der Waals surface area contributed by atoms with Gasteiger partial charge in [0.2, 0.25) is 17.5 Å². The van der Waals surface area contributed by atoms with E-state index < -0.39 is 0 Å². The van der Waals surface area contributed by atoms with Gasteiger partial charge in [-0.1, -0.05) is 12.1 Å². The van der Waals surface area contributed by atoms with E-state index in [1.807, 2.05) is 43.3 Å². The van der Waals surface area contributed by atoms with Gasteiger partial charge in [0.1, 0.15) is 11.8 Å². The number of oxazole rings is 1. The highest BCUT2D eigenvalue weighted by molar-refractivity contribution is 5.67. The third-order valence-electron chi connectivity index (χ3n) is 2.95. The molecule has 0 saturated carbocycles. The zero-order valence-corrected chi connectivity index (χ0v) is 13.2. The van der Waals surface area contributed by atoms with Crippen molar-refractivity contribution < 1.29 is 13.9 Å². The van der Waals surface area contributed by atoms with Crippen LogP contribution in [0.4, 0.5) is 5.88 Å². The quantitative estimate of drug-likeness (QED) is 0.754. The lowest BCUT2D eigenvalue weighted by Crippen LogP contribution is -2.07. The van der Waals surface area contributed by atoms with E-state index in [4.69, 9.17) is 19.2 Å². The van der Waals surface area contributed by atoms with Crippen molar-refractivity contribution in [2.45, 2.75) is 6.92 Å². The molecule has 0 radical (unpaired) electrons. The number of ether oxygens (including phenoxy) is 2. The molecule has 6 heteroatoms. The van der Waals surface area contributed by atoms with Gasteiger partial charge in [-0.25, -0.2) is 0 Å². The summed E-state index contributed by atoms with van der Waals surface area (Å²) in [4.78, 5) is 4.13. The SMILES string of the molecule is CCOc1ccc(C=Cc2nc(C#N)c(NCCOC)o2)cc1. The minimum atomic E-state index is 0.229. The molecule has 0 aliphatic rings. The zero-order chi connectivity index (χ0) is 16.5. The van der Waals surface area contributed by atoms with Gasteiger partial charge < -0.3 is 19.2 Å². The summed E-state index contributed by atoms with van der Waals surface area (Å²) in [5, 5.41) is 12.1. The molecular formula is C17H19N3O3. The molecule has 0 atom stereocenters. The molecule has 1 aromatic heterocycles. The Bertz CT molecular complexity index is 684. The summed E-state index contributed by atoms with van der Waals surface area (Å²) in [5.41, 5.74) is 1.21. The first-order valence-corrected chi connectivity index (χ1v) is 7.31. The first-order valence-electron chi connectivity index (χ1n) is 7.31. The van der Waals surface area contributed by atoms with Crippen LogP contribution in [0.3, 0.4) is 0 Å². The van der Waals surface area contributed by atoms with Gasteiger partial charge in [-0.15, -0.1) is 0 Å². The van der Waals surface area contributed by atoms with Gasteiger partial charge >= 0.3 is 0 Å². The minimum absolute atomic E-state index is 0.229. The topological polar surface area (TPSA) is 80.3 Å². The first-order chi connectivity index (χ1) is 11.3. The molecule has 0 unspecified atom stereocenters. The van der Waals surface area contributed by atoms with Crippen LogP contribution in [0.5, 0.6) is 5.75 Å². The molecule has 1 heterocycles. The van der Waals surface area contributed by atoms with Gasteiger partial charge in [0.15, 0.2) is 0 Å². The first kappa shape index (κ1) is 16.6. The van der Waals surface area contributed by atoms with E-state index in [-0.39, 0.29) is 5.69 Å². The van der Waals surface area contributed by atoms with Crippen LogP contribution >= 0.6 is 0 Å². The lowest BCUT2D eigenvalue weighted by Gasteiger charge is -2.02. The summed E-state index contributed by atoms with van der Waals surface area (Å²) < 4.78 is 15.9. The number of benzene rings is 1. The van der Waals surface area contributed by atoms with E-state index in [0.717, 1.165) is 11.3 Å². The monoisotopic (exact) mass is 313 g/mol. The highest BCUT2D eigenvalue weighted by Crippen LogP contribution is 2.19. The number of hydrogen-bond donors (Lipinski definition) is 1. The molecule has 0 spiro atoms. The van der Waals surface area contributed by atoms with Crippen molar-refractivity contribution in [1.82, 2.24) is 4.98 Å². The van der Waals surface area contributed by atoms with Gasteiger partial charge in [-0.05, 0) is 30.7 Å². The number of nitrogens with zero attached hydrogens (tertiary/aromatic N) is 2. The number of rotatable bonds is 8. The smallest absolute Gasteiger partial charge is 0.232 e. The second kappa shape index (κ2) is 8.61. The fraction of sp³-hybridized carbons (Fsp3) is 0.294. The summed E-state index contributed by atoms with van der Waals surface area (Å²) >= 11 is 0. The molecular weight excluding hydrogens is 294 g/mol. The molecule has 1 N–H and O–H groups in total. The van der Waals surface area contributed by atoms with Crippen molar-refractivity contribution in [3.63, 3.8) is 0 Å². The predicted octanol–water partition coefficient (Wildman–Crippen LogP) is 3.17. The molecule has 0 saturated heterocycles. The molecule has 0 aliphatic heterocycles. The third-order valence-corrected chi connectivity index (χ3v) is 2.95. The summed E-state index contributed by atoms with van der Waals surface area (Å²) in [6, 6.07) is 9.68. The maximum atomic E-state index is 9.07. The Morgan fingerprint density at radius 3 is 2.74 bits per heavy atom. The molecule has 6 nitrogen and oxygen atoms in total. The molecule has 23 heavy (non-hydrogen) atoms. The van der Waals surface area contributed by atoms with E-state index in [2.05, 4.69) is 10.3 Å². The van der Waals surface area contributed by atoms with Crippen LogP contribution in [0, 0.1) is 11.3 Å². The normalized spacial score (nSPS) is 10.7. The van der Waals surface area contributed by atoms with Crippen molar-refractivity contribution in [3.05, 3.63) is 41.4 Å². The highest BCUT2D eigenvalue weighted by Gasteiger charge is 2.10. The van der Waals surface area contributed by atoms with Crippen LogP contribution in [-0.4, -0.2) is 31.9 Å². The number of hydrogen-bond acceptors (Lipinski definition) is 6. The summed E-state index contributed by atoms with van der Waals surface area (Å²) in [6.45, 7) is 3.65. The number of nitrogens with one attached hydrogen (secondary N) is 1. The van der Waals surface area contributed by atoms with Gasteiger partial charge in [-0.3, -0.25) is 0 Å². The fourth-order valence-corrected chi connectivity index (χ4v) is 1.88. The summed E-state index contributed by atoms with van der Waals surface area (Å²) in [7, 11) is 1.61. The van der Waals surface area contributed by atoms with Crippen molar-refractivity contribution in [1.29, 1.82) is 5.26 Å². The molecule has 0 fully saturated rings. The second-order valence-corrected chi connectivity index (χ2v) is 4.60. The zero-order valence-electron chi connectivity index (χ0n) is 13.2. The van der Waals surface area contributed by atoms with Crippen LogP contribution in [-0.2, 0) is 4.74 Å². The van der Waals surface area contributed by atoms with Crippen molar-refractivity contribution in [2.75, 3.05) is 32.2 Å². The Morgan fingerprint density at radius 2 is 2.09 bits per heavy atom. The Morgan fingerprint density at radius 1 is 1.30 bits per heavy atom. The third kappa shape index (κ3) is 4.87. The Labute approximate surface area is 135 Å². The number of anilines is 1. The number of aromatic nitrogens is 1. The van der Waals surface area contributed by atoms with Crippen LogP contribution < -0.4 is 10.1 Å². The molecule has 120 valence electrons. The molecule has 1 aromatic carbocycles. The minimum Gasteiger partial charge on any atom is -0.494 e. The van der Waals surface area contributed by atoms with Crippen molar-refractivity contribution >= 4 is 18.0 Å². The Balaban J connectivity index is 2.05. The van der Waals surface area contributed by atoms with Crippen LogP contribution in [0.25, 0.3) is 12.2 Å². The van der Waals surface area contributed by atoms with Crippen molar-refractivity contribution in [2.24, 2.45) is 0 Å². The largest absolute Gasteiger partial charge is 0.494 e.